The number of amides is 1. The van der Waals surface area contributed by atoms with E-state index in [4.69, 9.17) is 16.3 Å². The molecule has 4 aromatic rings. The molecule has 10 heteroatoms. The van der Waals surface area contributed by atoms with E-state index < -0.39 is 5.82 Å². The number of carbonyl (C=O) groups excluding carboxylic acids is 1. The van der Waals surface area contributed by atoms with E-state index in [0.29, 0.717) is 26.7 Å². The zero-order valence-corrected chi connectivity index (χ0v) is 19.4. The summed E-state index contributed by atoms with van der Waals surface area (Å²) in [5.41, 5.74) is 1.47. The number of aromatic nitrogens is 2. The maximum atomic E-state index is 14.5. The van der Waals surface area contributed by atoms with Gasteiger partial charge in [0.05, 0.1) is 29.8 Å². The van der Waals surface area contributed by atoms with Crippen LogP contribution in [-0.2, 0) is 4.79 Å². The number of thiophene rings is 1. The number of nitrogens with zero attached hydrogens (tertiary/aromatic N) is 2. The number of benzene rings is 2. The molecule has 0 atom stereocenters. The van der Waals surface area contributed by atoms with E-state index in [1.54, 1.807) is 35.7 Å². The number of ether oxygens (including phenoxy) is 1. The number of methoxy groups -OCH3 is 1. The first-order valence-electron chi connectivity index (χ1n) is 9.41. The predicted molar refractivity (Wildman–Crippen MR) is 127 cm³/mol. The number of fused-ring (bicyclic) bond motifs is 1. The van der Waals surface area contributed by atoms with E-state index in [1.807, 2.05) is 6.92 Å². The molecule has 164 valence electrons. The molecule has 0 spiro atoms. The first-order valence-corrected chi connectivity index (χ1v) is 11.7. The van der Waals surface area contributed by atoms with Crippen molar-refractivity contribution in [2.24, 2.45) is 0 Å². The van der Waals surface area contributed by atoms with Crippen LogP contribution in [0.3, 0.4) is 0 Å². The Hall–Kier alpha value is -2.88. The van der Waals surface area contributed by atoms with Gasteiger partial charge in [-0.3, -0.25) is 14.2 Å². The molecule has 2 heterocycles. The molecular weight excluding hydrogens is 473 g/mol. The normalized spacial score (nSPS) is 11.0. The average molecular weight is 490 g/mol. The lowest BCUT2D eigenvalue weighted by atomic mass is 10.2. The van der Waals surface area contributed by atoms with Crippen LogP contribution in [0.5, 0.6) is 5.75 Å². The lowest BCUT2D eigenvalue weighted by Gasteiger charge is -2.14. The molecule has 2 aromatic carbocycles. The molecule has 0 aliphatic heterocycles. The fourth-order valence-electron chi connectivity index (χ4n) is 3.08. The number of para-hydroxylation sites is 1. The first-order chi connectivity index (χ1) is 15.4. The summed E-state index contributed by atoms with van der Waals surface area (Å²) in [6, 6.07) is 11.0. The lowest BCUT2D eigenvalue weighted by molar-refractivity contribution is -0.113. The molecule has 0 saturated carbocycles. The van der Waals surface area contributed by atoms with Crippen molar-refractivity contribution in [3.8, 4) is 11.4 Å². The topological polar surface area (TPSA) is 73.2 Å². The second kappa shape index (κ2) is 9.32. The van der Waals surface area contributed by atoms with E-state index in [9.17, 15) is 14.0 Å². The summed E-state index contributed by atoms with van der Waals surface area (Å²) in [6.45, 7) is 1.82. The standard InChI is InChI=1S/C22H17ClFN3O3S2/c1-12-9-16(18(30-2)10-13(12)23)25-19(28)11-32-22-26-15-7-8-31-20(15)21(29)27(22)17-6-4-3-5-14(17)24/h3-10H,11H2,1-2H3,(H,25,28). The summed E-state index contributed by atoms with van der Waals surface area (Å²) < 4.78 is 21.4. The quantitative estimate of drug-likeness (QED) is 0.294. The first kappa shape index (κ1) is 22.3. The van der Waals surface area contributed by atoms with Crippen molar-refractivity contribution < 1.29 is 13.9 Å². The van der Waals surface area contributed by atoms with Crippen LogP contribution < -0.4 is 15.6 Å². The second-order valence-electron chi connectivity index (χ2n) is 6.76. The zero-order chi connectivity index (χ0) is 22.8. The van der Waals surface area contributed by atoms with Gasteiger partial charge >= 0.3 is 0 Å². The van der Waals surface area contributed by atoms with Gasteiger partial charge in [-0.1, -0.05) is 35.5 Å². The molecule has 4 rings (SSSR count). The third-order valence-corrected chi connectivity index (χ3v) is 6.87. The summed E-state index contributed by atoms with van der Waals surface area (Å²) in [6.07, 6.45) is 0. The maximum absolute atomic E-state index is 14.5. The summed E-state index contributed by atoms with van der Waals surface area (Å²) >= 11 is 8.40. The SMILES string of the molecule is COc1cc(Cl)c(C)cc1NC(=O)CSc1nc2ccsc2c(=O)n1-c1ccccc1F. The fourth-order valence-corrected chi connectivity index (χ4v) is 4.80. The highest BCUT2D eigenvalue weighted by Crippen LogP contribution is 2.31. The number of aryl methyl sites for hydroxylation is 1. The van der Waals surface area contributed by atoms with Crippen molar-refractivity contribution in [3.05, 3.63) is 74.6 Å². The van der Waals surface area contributed by atoms with Gasteiger partial charge in [-0.15, -0.1) is 11.3 Å². The zero-order valence-electron chi connectivity index (χ0n) is 17.0. The predicted octanol–water partition coefficient (Wildman–Crippen LogP) is 5.29. The van der Waals surface area contributed by atoms with Crippen LogP contribution in [0.1, 0.15) is 5.56 Å². The van der Waals surface area contributed by atoms with E-state index >= 15 is 0 Å². The van der Waals surface area contributed by atoms with Gasteiger partial charge in [0, 0.05) is 11.1 Å². The Morgan fingerprint density at radius 1 is 1.31 bits per heavy atom. The van der Waals surface area contributed by atoms with Crippen LogP contribution in [-0.4, -0.2) is 28.3 Å². The molecule has 0 bridgehead atoms. The van der Waals surface area contributed by atoms with E-state index in [-0.39, 0.29) is 28.1 Å². The summed E-state index contributed by atoms with van der Waals surface area (Å²) in [7, 11) is 1.48. The highest BCUT2D eigenvalue weighted by Gasteiger charge is 2.18. The molecule has 0 fully saturated rings. The molecule has 0 radical (unpaired) electrons. The van der Waals surface area contributed by atoms with Gasteiger partial charge in [0.2, 0.25) is 5.91 Å². The minimum absolute atomic E-state index is 0.0542. The van der Waals surface area contributed by atoms with Gasteiger partial charge in [0.1, 0.15) is 16.3 Å². The summed E-state index contributed by atoms with van der Waals surface area (Å²) in [5.74, 6) is -0.517. The van der Waals surface area contributed by atoms with Gasteiger partial charge in [0.15, 0.2) is 5.16 Å². The Labute approximate surface area is 196 Å². The van der Waals surface area contributed by atoms with Crippen molar-refractivity contribution in [2.45, 2.75) is 12.1 Å². The number of hydrogen-bond donors (Lipinski definition) is 1. The van der Waals surface area contributed by atoms with Crippen LogP contribution >= 0.6 is 34.7 Å². The number of halogens is 2. The van der Waals surface area contributed by atoms with Crippen molar-refractivity contribution in [3.63, 3.8) is 0 Å². The second-order valence-corrected chi connectivity index (χ2v) is 9.03. The average Bonchev–Trinajstić information content (AvgIpc) is 3.24. The Morgan fingerprint density at radius 2 is 2.09 bits per heavy atom. The molecule has 0 unspecified atom stereocenters. The molecular formula is C22H17ClFN3O3S2. The number of nitrogens with one attached hydrogen (secondary N) is 1. The fraction of sp³-hybridized carbons (Fsp3) is 0.136. The molecule has 1 N–H and O–H groups in total. The highest BCUT2D eigenvalue weighted by atomic mass is 35.5. The third kappa shape index (κ3) is 4.36. The Morgan fingerprint density at radius 3 is 2.84 bits per heavy atom. The number of carbonyl (C=O) groups is 1. The largest absolute Gasteiger partial charge is 0.495 e. The van der Waals surface area contributed by atoms with Gasteiger partial charge < -0.3 is 10.1 Å². The monoisotopic (exact) mass is 489 g/mol. The van der Waals surface area contributed by atoms with Gasteiger partial charge in [-0.05, 0) is 42.1 Å². The van der Waals surface area contributed by atoms with E-state index in [2.05, 4.69) is 10.3 Å². The minimum atomic E-state index is -0.556. The van der Waals surface area contributed by atoms with Crippen LogP contribution in [0.4, 0.5) is 10.1 Å². The Balaban J connectivity index is 1.65. The minimum Gasteiger partial charge on any atom is -0.495 e. The molecule has 0 saturated heterocycles. The van der Waals surface area contributed by atoms with Crippen LogP contribution in [0, 0.1) is 12.7 Å². The molecule has 1 amide bonds. The van der Waals surface area contributed by atoms with Crippen molar-refractivity contribution in [2.75, 3.05) is 18.2 Å². The third-order valence-electron chi connectivity index (χ3n) is 4.63. The molecule has 6 nitrogen and oxygen atoms in total. The molecule has 0 aliphatic rings. The highest BCUT2D eigenvalue weighted by molar-refractivity contribution is 7.99. The number of rotatable bonds is 6. The smallest absolute Gasteiger partial charge is 0.276 e. The number of hydrogen-bond acceptors (Lipinski definition) is 6. The van der Waals surface area contributed by atoms with Crippen molar-refractivity contribution >= 4 is 56.5 Å². The van der Waals surface area contributed by atoms with Crippen molar-refractivity contribution in [1.82, 2.24) is 9.55 Å². The van der Waals surface area contributed by atoms with E-state index in [0.717, 1.165) is 17.3 Å². The van der Waals surface area contributed by atoms with Crippen LogP contribution in [0.15, 0.2) is 57.8 Å². The van der Waals surface area contributed by atoms with Gasteiger partial charge in [0.25, 0.3) is 5.56 Å². The van der Waals surface area contributed by atoms with Crippen molar-refractivity contribution in [1.29, 1.82) is 0 Å². The molecule has 0 aliphatic carbocycles. The Kier molecular flexibility index (Phi) is 6.50. The lowest BCUT2D eigenvalue weighted by Crippen LogP contribution is -2.23. The van der Waals surface area contributed by atoms with E-state index in [1.165, 1.54) is 35.1 Å². The number of anilines is 1. The summed E-state index contributed by atoms with van der Waals surface area (Å²) in [4.78, 5) is 30.2. The van der Waals surface area contributed by atoms with Gasteiger partial charge in [-0.25, -0.2) is 9.37 Å². The van der Waals surface area contributed by atoms with Crippen LogP contribution in [0.2, 0.25) is 5.02 Å². The Bertz CT molecular complexity index is 1390. The number of thioether (sulfide) groups is 1. The van der Waals surface area contributed by atoms with Gasteiger partial charge in [-0.2, -0.15) is 0 Å². The molecule has 2 aromatic heterocycles. The maximum Gasteiger partial charge on any atom is 0.276 e. The summed E-state index contributed by atoms with van der Waals surface area (Å²) in [5, 5.41) is 5.28. The molecule has 32 heavy (non-hydrogen) atoms. The van der Waals surface area contributed by atoms with Crippen LogP contribution in [0.25, 0.3) is 15.9 Å².